The molecule has 1 aromatic rings. The highest BCUT2D eigenvalue weighted by Crippen LogP contribution is 2.22. The summed E-state index contributed by atoms with van der Waals surface area (Å²) in [7, 11) is -3.62. The Hall–Kier alpha value is -1.36. The van der Waals surface area contributed by atoms with E-state index < -0.39 is 10.0 Å². The Bertz CT molecular complexity index is 584. The molecule has 0 amide bonds. The zero-order valence-corrected chi connectivity index (χ0v) is 13.2. The standard InChI is InChI=1S/C13H22N4O2S/c1-6-8-17(7-2)20(18,19)13-11(5)15-16-12(13)9-14-10(3)4/h1,10,14H,7-9H2,2-5H3,(H,15,16). The molecule has 0 aliphatic rings. The summed E-state index contributed by atoms with van der Waals surface area (Å²) in [4.78, 5) is 0.225. The van der Waals surface area contributed by atoms with Gasteiger partial charge >= 0.3 is 0 Å². The second-order valence-electron chi connectivity index (χ2n) is 4.80. The van der Waals surface area contributed by atoms with Crippen LogP contribution in [0.1, 0.15) is 32.2 Å². The maximum absolute atomic E-state index is 12.6. The lowest BCUT2D eigenvalue weighted by atomic mass is 10.3. The van der Waals surface area contributed by atoms with Crippen molar-refractivity contribution < 1.29 is 8.42 Å². The molecule has 2 N–H and O–H groups in total. The van der Waals surface area contributed by atoms with Crippen LogP contribution in [0.15, 0.2) is 4.90 Å². The molecule has 1 heterocycles. The van der Waals surface area contributed by atoms with Crippen molar-refractivity contribution in [3.05, 3.63) is 11.4 Å². The number of rotatable bonds is 7. The van der Waals surface area contributed by atoms with E-state index in [1.165, 1.54) is 4.31 Å². The summed E-state index contributed by atoms with van der Waals surface area (Å²) >= 11 is 0. The van der Waals surface area contributed by atoms with Gasteiger partial charge < -0.3 is 5.32 Å². The van der Waals surface area contributed by atoms with Crippen LogP contribution >= 0.6 is 0 Å². The second kappa shape index (κ2) is 6.88. The Labute approximate surface area is 121 Å². The van der Waals surface area contributed by atoms with E-state index in [0.29, 0.717) is 24.5 Å². The molecule has 6 nitrogen and oxygen atoms in total. The van der Waals surface area contributed by atoms with Crippen molar-refractivity contribution in [1.29, 1.82) is 0 Å². The van der Waals surface area contributed by atoms with Gasteiger partial charge in [0.15, 0.2) is 0 Å². The minimum Gasteiger partial charge on any atom is -0.309 e. The highest BCUT2D eigenvalue weighted by atomic mass is 32.2. The predicted octanol–water partition coefficient (Wildman–Crippen LogP) is 0.860. The van der Waals surface area contributed by atoms with Gasteiger partial charge in [-0.1, -0.05) is 26.7 Å². The van der Waals surface area contributed by atoms with Gasteiger partial charge in [0.25, 0.3) is 0 Å². The minimum atomic E-state index is -3.62. The first-order valence-electron chi connectivity index (χ1n) is 6.55. The Balaban J connectivity index is 3.17. The summed E-state index contributed by atoms with van der Waals surface area (Å²) in [6.07, 6.45) is 5.24. The number of aryl methyl sites for hydroxylation is 1. The van der Waals surface area contributed by atoms with Gasteiger partial charge in [-0.05, 0) is 6.92 Å². The van der Waals surface area contributed by atoms with Gasteiger partial charge in [-0.15, -0.1) is 6.42 Å². The smallest absolute Gasteiger partial charge is 0.247 e. The number of aromatic nitrogens is 2. The highest BCUT2D eigenvalue weighted by molar-refractivity contribution is 7.89. The van der Waals surface area contributed by atoms with Crippen molar-refractivity contribution in [2.24, 2.45) is 0 Å². The Morgan fingerprint density at radius 1 is 1.50 bits per heavy atom. The monoisotopic (exact) mass is 298 g/mol. The lowest BCUT2D eigenvalue weighted by Crippen LogP contribution is -2.33. The molecule has 0 atom stereocenters. The summed E-state index contributed by atoms with van der Waals surface area (Å²) in [5.74, 6) is 2.38. The first-order chi connectivity index (χ1) is 9.34. The number of terminal acetylenes is 1. The van der Waals surface area contributed by atoms with Crippen molar-refractivity contribution in [3.63, 3.8) is 0 Å². The minimum absolute atomic E-state index is 0.0561. The van der Waals surface area contributed by atoms with Crippen LogP contribution in [0.2, 0.25) is 0 Å². The molecule has 0 saturated heterocycles. The molecule has 0 spiro atoms. The summed E-state index contributed by atoms with van der Waals surface area (Å²) in [6, 6.07) is 0.246. The Morgan fingerprint density at radius 3 is 2.65 bits per heavy atom. The fraction of sp³-hybridized carbons (Fsp3) is 0.615. The SMILES string of the molecule is C#CCN(CC)S(=O)(=O)c1c(CNC(C)C)n[nH]c1C. The molecule has 1 aromatic heterocycles. The van der Waals surface area contributed by atoms with Gasteiger partial charge in [0.05, 0.1) is 17.9 Å². The predicted molar refractivity (Wildman–Crippen MR) is 78.6 cm³/mol. The number of aromatic amines is 1. The average molecular weight is 298 g/mol. The van der Waals surface area contributed by atoms with Gasteiger partial charge in [0, 0.05) is 19.1 Å². The molecule has 0 aliphatic heterocycles. The molecule has 20 heavy (non-hydrogen) atoms. The molecular formula is C13H22N4O2S. The van der Waals surface area contributed by atoms with Crippen LogP contribution in [0.4, 0.5) is 0 Å². The second-order valence-corrected chi connectivity index (χ2v) is 6.67. The largest absolute Gasteiger partial charge is 0.309 e. The van der Waals surface area contributed by atoms with Crippen molar-refractivity contribution in [3.8, 4) is 12.3 Å². The van der Waals surface area contributed by atoms with Crippen LogP contribution < -0.4 is 5.32 Å². The van der Waals surface area contributed by atoms with Crippen LogP contribution in [0.5, 0.6) is 0 Å². The maximum atomic E-state index is 12.6. The molecule has 0 aromatic carbocycles. The van der Waals surface area contributed by atoms with E-state index in [0.717, 1.165) is 0 Å². The number of sulfonamides is 1. The first kappa shape index (κ1) is 16.7. The zero-order chi connectivity index (χ0) is 15.3. The van der Waals surface area contributed by atoms with E-state index in [1.807, 2.05) is 13.8 Å². The van der Waals surface area contributed by atoms with Crippen LogP contribution in [0.25, 0.3) is 0 Å². The zero-order valence-electron chi connectivity index (χ0n) is 12.4. The molecule has 1 rings (SSSR count). The van der Waals surface area contributed by atoms with Gasteiger partial charge in [-0.25, -0.2) is 8.42 Å². The van der Waals surface area contributed by atoms with Crippen LogP contribution in [-0.2, 0) is 16.6 Å². The fourth-order valence-corrected chi connectivity index (χ4v) is 3.52. The first-order valence-corrected chi connectivity index (χ1v) is 7.99. The number of nitrogens with zero attached hydrogens (tertiary/aromatic N) is 2. The molecular weight excluding hydrogens is 276 g/mol. The van der Waals surface area contributed by atoms with E-state index in [4.69, 9.17) is 6.42 Å². The van der Waals surface area contributed by atoms with E-state index >= 15 is 0 Å². The lowest BCUT2D eigenvalue weighted by Gasteiger charge is -2.18. The molecule has 0 saturated carbocycles. The van der Waals surface area contributed by atoms with E-state index in [2.05, 4.69) is 21.4 Å². The van der Waals surface area contributed by atoms with Crippen molar-refractivity contribution in [1.82, 2.24) is 19.8 Å². The molecule has 0 unspecified atom stereocenters. The topological polar surface area (TPSA) is 78.1 Å². The summed E-state index contributed by atoms with van der Waals surface area (Å²) in [5.41, 5.74) is 1.02. The molecule has 0 fully saturated rings. The number of hydrogen-bond donors (Lipinski definition) is 2. The summed E-state index contributed by atoms with van der Waals surface area (Å²) < 4.78 is 26.6. The molecule has 0 bridgehead atoms. The summed E-state index contributed by atoms with van der Waals surface area (Å²) in [6.45, 7) is 8.21. The van der Waals surface area contributed by atoms with Crippen LogP contribution in [0.3, 0.4) is 0 Å². The van der Waals surface area contributed by atoms with Gasteiger partial charge in [0.1, 0.15) is 4.90 Å². The molecule has 7 heteroatoms. The van der Waals surface area contributed by atoms with Gasteiger partial charge in [0.2, 0.25) is 10.0 Å². The van der Waals surface area contributed by atoms with E-state index in [1.54, 1.807) is 13.8 Å². The number of nitrogens with one attached hydrogen (secondary N) is 2. The third-order valence-corrected chi connectivity index (χ3v) is 4.98. The molecule has 0 radical (unpaired) electrons. The Kier molecular flexibility index (Phi) is 5.74. The van der Waals surface area contributed by atoms with Crippen LogP contribution in [-0.4, -0.2) is 42.1 Å². The van der Waals surface area contributed by atoms with Crippen molar-refractivity contribution in [2.45, 2.75) is 45.2 Å². The third-order valence-electron chi connectivity index (χ3n) is 2.86. The van der Waals surface area contributed by atoms with Gasteiger partial charge in [-0.3, -0.25) is 5.10 Å². The molecule has 0 aliphatic carbocycles. The van der Waals surface area contributed by atoms with E-state index in [-0.39, 0.29) is 17.5 Å². The van der Waals surface area contributed by atoms with Crippen molar-refractivity contribution in [2.75, 3.05) is 13.1 Å². The maximum Gasteiger partial charge on any atom is 0.247 e. The van der Waals surface area contributed by atoms with Crippen molar-refractivity contribution >= 4 is 10.0 Å². The highest BCUT2D eigenvalue weighted by Gasteiger charge is 2.29. The normalized spacial score (nSPS) is 12.1. The number of hydrogen-bond acceptors (Lipinski definition) is 4. The lowest BCUT2D eigenvalue weighted by molar-refractivity contribution is 0.462. The van der Waals surface area contributed by atoms with Crippen LogP contribution in [0, 0.1) is 19.3 Å². The summed E-state index contributed by atoms with van der Waals surface area (Å²) in [5, 5.41) is 10.00. The quantitative estimate of drug-likeness (QED) is 0.732. The number of H-pyrrole nitrogens is 1. The molecule has 112 valence electrons. The Morgan fingerprint density at radius 2 is 2.15 bits per heavy atom. The average Bonchev–Trinajstić information content (AvgIpc) is 2.75. The van der Waals surface area contributed by atoms with Gasteiger partial charge in [-0.2, -0.15) is 9.40 Å². The third kappa shape index (κ3) is 3.60. The fourth-order valence-electron chi connectivity index (χ4n) is 1.83. The van der Waals surface area contributed by atoms with E-state index in [9.17, 15) is 8.42 Å².